The molecular weight excluding hydrogens is 467 g/mol. The normalized spacial score (nSPS) is 16.1. The third-order valence-corrected chi connectivity index (χ3v) is 6.83. The van der Waals surface area contributed by atoms with Crippen LogP contribution in [-0.4, -0.2) is 53.0 Å². The summed E-state index contributed by atoms with van der Waals surface area (Å²) in [6.07, 6.45) is 5.23. The van der Waals surface area contributed by atoms with Crippen LogP contribution < -0.4 is 14.8 Å². The van der Waals surface area contributed by atoms with E-state index in [1.165, 1.54) is 38.5 Å². The van der Waals surface area contributed by atoms with Crippen molar-refractivity contribution >= 4 is 17.4 Å². The van der Waals surface area contributed by atoms with Gasteiger partial charge in [-0.15, -0.1) is 0 Å². The van der Waals surface area contributed by atoms with Crippen molar-refractivity contribution in [1.82, 2.24) is 19.6 Å². The van der Waals surface area contributed by atoms with Crippen LogP contribution in [0.15, 0.2) is 42.5 Å². The molecule has 0 aliphatic carbocycles. The average molecular weight is 499 g/mol. The van der Waals surface area contributed by atoms with Gasteiger partial charge < -0.3 is 19.7 Å². The first-order valence-electron chi connectivity index (χ1n) is 12.0. The quantitative estimate of drug-likeness (QED) is 0.394. The van der Waals surface area contributed by atoms with Crippen LogP contribution in [-0.2, 0) is 6.42 Å². The number of nitrogens with zero attached hydrogens (tertiary/aromatic N) is 3. The molecule has 1 unspecified atom stereocenters. The van der Waals surface area contributed by atoms with E-state index >= 15 is 0 Å². The van der Waals surface area contributed by atoms with Gasteiger partial charge in [0, 0.05) is 42.6 Å². The SMILES string of the molecule is COc1cc(C(=O)NCCCN2CCCCC2C)ccc1Oc1nc(Cc2ccc(F)cc2)ns1. The van der Waals surface area contributed by atoms with Crippen LogP contribution in [0.5, 0.6) is 16.7 Å². The molecule has 186 valence electrons. The number of aromatic nitrogens is 2. The molecule has 0 bridgehead atoms. The molecule has 1 aromatic heterocycles. The van der Waals surface area contributed by atoms with E-state index in [2.05, 4.69) is 26.5 Å². The van der Waals surface area contributed by atoms with Crippen molar-refractivity contribution in [3.63, 3.8) is 0 Å². The molecule has 0 saturated carbocycles. The number of methoxy groups -OCH3 is 1. The summed E-state index contributed by atoms with van der Waals surface area (Å²) in [7, 11) is 1.53. The molecule has 1 N–H and O–H groups in total. The zero-order valence-electron chi connectivity index (χ0n) is 20.1. The van der Waals surface area contributed by atoms with Crippen molar-refractivity contribution in [2.45, 2.75) is 45.1 Å². The fourth-order valence-corrected chi connectivity index (χ4v) is 4.76. The van der Waals surface area contributed by atoms with Gasteiger partial charge in [-0.25, -0.2) is 4.39 Å². The molecule has 7 nitrogen and oxygen atoms in total. The average Bonchev–Trinajstić information content (AvgIpc) is 3.31. The molecule has 2 heterocycles. The number of carbonyl (C=O) groups is 1. The van der Waals surface area contributed by atoms with E-state index in [9.17, 15) is 9.18 Å². The number of rotatable bonds is 10. The molecule has 1 amide bonds. The number of likely N-dealkylation sites (tertiary alicyclic amines) is 1. The van der Waals surface area contributed by atoms with Crippen molar-refractivity contribution < 1.29 is 18.7 Å². The smallest absolute Gasteiger partial charge is 0.298 e. The van der Waals surface area contributed by atoms with Gasteiger partial charge in [0.05, 0.1) is 7.11 Å². The maximum absolute atomic E-state index is 13.1. The van der Waals surface area contributed by atoms with Gasteiger partial charge in [0.15, 0.2) is 17.3 Å². The summed E-state index contributed by atoms with van der Waals surface area (Å²) in [6.45, 7) is 5.06. The first-order valence-corrected chi connectivity index (χ1v) is 12.7. The van der Waals surface area contributed by atoms with E-state index in [0.29, 0.717) is 47.1 Å². The van der Waals surface area contributed by atoms with Crippen molar-refractivity contribution in [2.75, 3.05) is 26.7 Å². The Bertz CT molecular complexity index is 1120. The first kappa shape index (κ1) is 25.1. The lowest BCUT2D eigenvalue weighted by atomic mass is 10.0. The minimum Gasteiger partial charge on any atom is -0.493 e. The second kappa shape index (κ2) is 12.1. The van der Waals surface area contributed by atoms with Gasteiger partial charge in [-0.2, -0.15) is 9.36 Å². The lowest BCUT2D eigenvalue weighted by molar-refractivity contribution is 0.0948. The molecule has 1 atom stereocenters. The van der Waals surface area contributed by atoms with E-state index in [0.717, 1.165) is 36.6 Å². The third kappa shape index (κ3) is 6.99. The Labute approximate surface area is 209 Å². The van der Waals surface area contributed by atoms with E-state index in [4.69, 9.17) is 9.47 Å². The molecule has 1 saturated heterocycles. The molecule has 4 rings (SSSR count). The summed E-state index contributed by atoms with van der Waals surface area (Å²) in [5, 5.41) is 3.36. The Balaban J connectivity index is 1.30. The standard InChI is InChI=1S/C26H31FN4O3S/c1-18-6-3-4-14-31(18)15-5-13-28-25(32)20-9-12-22(23(17-20)33-2)34-26-29-24(30-35-26)16-19-7-10-21(27)11-8-19/h7-12,17-18H,3-6,13-16H2,1-2H3,(H,28,32). The van der Waals surface area contributed by atoms with Gasteiger partial charge >= 0.3 is 0 Å². The van der Waals surface area contributed by atoms with Crippen molar-refractivity contribution in [1.29, 1.82) is 0 Å². The summed E-state index contributed by atoms with van der Waals surface area (Å²) >= 11 is 1.13. The van der Waals surface area contributed by atoms with Crippen LogP contribution in [0.3, 0.4) is 0 Å². The number of carbonyl (C=O) groups excluding carboxylic acids is 1. The summed E-state index contributed by atoms with van der Waals surface area (Å²) in [6, 6.07) is 11.9. The molecule has 2 aromatic carbocycles. The second-order valence-corrected chi connectivity index (χ2v) is 9.45. The molecule has 35 heavy (non-hydrogen) atoms. The van der Waals surface area contributed by atoms with Gasteiger partial charge in [-0.1, -0.05) is 18.6 Å². The number of nitrogens with one attached hydrogen (secondary N) is 1. The van der Waals surface area contributed by atoms with Crippen LogP contribution in [0, 0.1) is 5.82 Å². The fraction of sp³-hybridized carbons (Fsp3) is 0.423. The Morgan fingerprint density at radius 3 is 2.80 bits per heavy atom. The Morgan fingerprint density at radius 1 is 1.20 bits per heavy atom. The Hall–Kier alpha value is -3.04. The summed E-state index contributed by atoms with van der Waals surface area (Å²) in [5.41, 5.74) is 1.42. The summed E-state index contributed by atoms with van der Waals surface area (Å²) < 4.78 is 28.7. The van der Waals surface area contributed by atoms with Crippen molar-refractivity contribution in [3.8, 4) is 16.7 Å². The van der Waals surface area contributed by atoms with E-state index in [1.54, 1.807) is 30.3 Å². The molecule has 1 aliphatic heterocycles. The van der Waals surface area contributed by atoms with Gasteiger partial charge in [0.1, 0.15) is 5.82 Å². The third-order valence-electron chi connectivity index (χ3n) is 6.20. The highest BCUT2D eigenvalue weighted by Crippen LogP contribution is 2.33. The molecule has 3 aromatic rings. The predicted octanol–water partition coefficient (Wildman–Crippen LogP) is 5.06. The maximum atomic E-state index is 13.1. The van der Waals surface area contributed by atoms with E-state index < -0.39 is 0 Å². The van der Waals surface area contributed by atoms with Crippen molar-refractivity contribution in [2.24, 2.45) is 0 Å². The first-order chi connectivity index (χ1) is 17.0. The predicted molar refractivity (Wildman–Crippen MR) is 134 cm³/mol. The zero-order valence-corrected chi connectivity index (χ0v) is 20.9. The number of halogens is 1. The topological polar surface area (TPSA) is 76.6 Å². The lowest BCUT2D eigenvalue weighted by Gasteiger charge is -2.33. The largest absolute Gasteiger partial charge is 0.493 e. The highest BCUT2D eigenvalue weighted by molar-refractivity contribution is 7.07. The minimum absolute atomic E-state index is 0.140. The van der Waals surface area contributed by atoms with Gasteiger partial charge in [0.2, 0.25) is 0 Å². The van der Waals surface area contributed by atoms with Gasteiger partial charge in [0.25, 0.3) is 11.1 Å². The minimum atomic E-state index is -0.277. The molecular formula is C26H31FN4O3S. The zero-order chi connectivity index (χ0) is 24.6. The Kier molecular flexibility index (Phi) is 8.65. The molecule has 1 fully saturated rings. The number of hydrogen-bond acceptors (Lipinski definition) is 7. The number of amides is 1. The van der Waals surface area contributed by atoms with Crippen LogP contribution in [0.1, 0.15) is 54.4 Å². The maximum Gasteiger partial charge on any atom is 0.298 e. The summed E-state index contributed by atoms with van der Waals surface area (Å²) in [4.78, 5) is 19.5. The molecule has 1 aliphatic rings. The number of piperidine rings is 1. The van der Waals surface area contributed by atoms with Crippen LogP contribution in [0.25, 0.3) is 0 Å². The number of benzene rings is 2. The second-order valence-electron chi connectivity index (χ2n) is 8.74. The highest BCUT2D eigenvalue weighted by atomic mass is 32.1. The highest BCUT2D eigenvalue weighted by Gasteiger charge is 2.18. The molecule has 0 spiro atoms. The number of hydrogen-bond donors (Lipinski definition) is 1. The van der Waals surface area contributed by atoms with Crippen LogP contribution in [0.2, 0.25) is 0 Å². The van der Waals surface area contributed by atoms with Gasteiger partial charge in [-0.05, 0) is 68.6 Å². The van der Waals surface area contributed by atoms with E-state index in [1.807, 2.05) is 0 Å². The number of ether oxygens (including phenoxy) is 2. The Morgan fingerprint density at radius 2 is 2.03 bits per heavy atom. The lowest BCUT2D eigenvalue weighted by Crippen LogP contribution is -2.39. The van der Waals surface area contributed by atoms with Crippen LogP contribution >= 0.6 is 11.5 Å². The van der Waals surface area contributed by atoms with Crippen LogP contribution in [0.4, 0.5) is 4.39 Å². The van der Waals surface area contributed by atoms with Gasteiger partial charge in [-0.3, -0.25) is 4.79 Å². The fourth-order valence-electron chi connectivity index (χ4n) is 4.20. The monoisotopic (exact) mass is 498 g/mol. The molecule has 0 radical (unpaired) electrons. The molecule has 9 heteroatoms. The van der Waals surface area contributed by atoms with Crippen molar-refractivity contribution in [3.05, 3.63) is 65.2 Å². The summed E-state index contributed by atoms with van der Waals surface area (Å²) in [5.74, 6) is 1.06. The van der Waals surface area contributed by atoms with E-state index in [-0.39, 0.29) is 11.7 Å².